The molecule has 0 bridgehead atoms. The van der Waals surface area contributed by atoms with Crippen LogP contribution in [0.2, 0.25) is 0 Å². The molecule has 5 nitrogen and oxygen atoms in total. The molecule has 0 N–H and O–H groups in total. The second-order valence-electron chi connectivity index (χ2n) is 7.81. The Balaban J connectivity index is 2.32. The van der Waals surface area contributed by atoms with Gasteiger partial charge in [0.1, 0.15) is 0 Å². The van der Waals surface area contributed by atoms with E-state index in [9.17, 15) is 4.79 Å². The molecule has 136 valence electrons. The fraction of sp³-hybridized carbons (Fsp3) is 0.944. The Labute approximate surface area is 142 Å². The number of amides is 1. The Morgan fingerprint density at radius 1 is 0.957 bits per heavy atom. The molecule has 1 aliphatic heterocycles. The Hall–Kier alpha value is -0.810. The van der Waals surface area contributed by atoms with Crippen molar-refractivity contribution in [2.75, 3.05) is 52.4 Å². The number of carbonyl (C=O) groups excluding carboxylic acids is 1. The third kappa shape index (κ3) is 8.56. The second kappa shape index (κ2) is 10.1. The number of piperazine rings is 1. The van der Waals surface area contributed by atoms with Crippen molar-refractivity contribution in [3.05, 3.63) is 0 Å². The number of carbonyl (C=O) groups is 1. The summed E-state index contributed by atoms with van der Waals surface area (Å²) in [4.78, 5) is 18.8. The first-order chi connectivity index (χ1) is 10.8. The van der Waals surface area contributed by atoms with Crippen LogP contribution in [0.1, 0.15) is 41.5 Å². The van der Waals surface area contributed by atoms with Crippen molar-refractivity contribution in [2.24, 2.45) is 11.8 Å². The zero-order chi connectivity index (χ0) is 17.4. The standard InChI is InChI=1S/C18H37N3O2/c1-15(2)13-20(14-16(3)4)8-7-19-9-11-21(12-10-19)18(22)23-17(5)6/h15-17H,7-14H2,1-6H3. The first-order valence-electron chi connectivity index (χ1n) is 9.18. The summed E-state index contributed by atoms with van der Waals surface area (Å²) in [7, 11) is 0. The Kier molecular flexibility index (Phi) is 8.92. The average Bonchev–Trinajstić information content (AvgIpc) is 2.43. The van der Waals surface area contributed by atoms with E-state index in [1.165, 1.54) is 13.1 Å². The minimum atomic E-state index is -0.166. The maximum atomic E-state index is 11.9. The molecule has 23 heavy (non-hydrogen) atoms. The van der Waals surface area contributed by atoms with E-state index >= 15 is 0 Å². The monoisotopic (exact) mass is 327 g/mol. The summed E-state index contributed by atoms with van der Waals surface area (Å²) in [5.74, 6) is 1.41. The van der Waals surface area contributed by atoms with Gasteiger partial charge in [0, 0.05) is 52.4 Å². The van der Waals surface area contributed by atoms with Crippen molar-refractivity contribution in [3.63, 3.8) is 0 Å². The van der Waals surface area contributed by atoms with Gasteiger partial charge in [-0.15, -0.1) is 0 Å². The number of hydrogen-bond donors (Lipinski definition) is 0. The van der Waals surface area contributed by atoms with Gasteiger partial charge in [0.25, 0.3) is 0 Å². The van der Waals surface area contributed by atoms with E-state index in [2.05, 4.69) is 37.5 Å². The molecule has 1 heterocycles. The lowest BCUT2D eigenvalue weighted by atomic mass is 10.1. The van der Waals surface area contributed by atoms with E-state index in [1.54, 1.807) is 0 Å². The highest BCUT2D eigenvalue weighted by Gasteiger charge is 2.23. The molecule has 0 atom stereocenters. The van der Waals surface area contributed by atoms with Gasteiger partial charge >= 0.3 is 6.09 Å². The van der Waals surface area contributed by atoms with Gasteiger partial charge < -0.3 is 14.5 Å². The zero-order valence-corrected chi connectivity index (χ0v) is 16.0. The molecule has 0 aromatic heterocycles. The molecular formula is C18H37N3O2. The minimum absolute atomic E-state index is 0.0406. The third-order valence-corrected chi connectivity index (χ3v) is 3.95. The molecule has 0 radical (unpaired) electrons. The quantitative estimate of drug-likeness (QED) is 0.687. The molecule has 0 unspecified atom stereocenters. The van der Waals surface area contributed by atoms with Crippen LogP contribution in [0, 0.1) is 11.8 Å². The lowest BCUT2D eigenvalue weighted by Gasteiger charge is -2.36. The zero-order valence-electron chi connectivity index (χ0n) is 16.0. The number of nitrogens with zero attached hydrogens (tertiary/aromatic N) is 3. The smallest absolute Gasteiger partial charge is 0.410 e. The lowest BCUT2D eigenvalue weighted by molar-refractivity contribution is 0.0546. The molecule has 0 aliphatic carbocycles. The van der Waals surface area contributed by atoms with Crippen LogP contribution in [-0.4, -0.2) is 79.3 Å². The van der Waals surface area contributed by atoms with Crippen LogP contribution in [0.25, 0.3) is 0 Å². The van der Waals surface area contributed by atoms with Gasteiger partial charge in [-0.05, 0) is 25.7 Å². The van der Waals surface area contributed by atoms with Crippen molar-refractivity contribution in [2.45, 2.75) is 47.6 Å². The van der Waals surface area contributed by atoms with Gasteiger partial charge in [0.05, 0.1) is 6.10 Å². The van der Waals surface area contributed by atoms with Crippen molar-refractivity contribution < 1.29 is 9.53 Å². The summed E-state index contributed by atoms with van der Waals surface area (Å²) in [5.41, 5.74) is 0. The van der Waals surface area contributed by atoms with Crippen LogP contribution in [-0.2, 0) is 4.74 Å². The molecule has 5 heteroatoms. The molecular weight excluding hydrogens is 290 g/mol. The van der Waals surface area contributed by atoms with Crippen LogP contribution in [0.4, 0.5) is 4.79 Å². The molecule has 1 rings (SSSR count). The molecule has 0 aromatic carbocycles. The Morgan fingerprint density at radius 3 is 1.91 bits per heavy atom. The summed E-state index contributed by atoms with van der Waals surface area (Å²) in [6.45, 7) is 20.9. The summed E-state index contributed by atoms with van der Waals surface area (Å²) in [6, 6.07) is 0. The van der Waals surface area contributed by atoms with Crippen molar-refractivity contribution in [1.29, 1.82) is 0 Å². The summed E-state index contributed by atoms with van der Waals surface area (Å²) < 4.78 is 5.27. The first kappa shape index (κ1) is 20.2. The molecule has 0 saturated carbocycles. The number of hydrogen-bond acceptors (Lipinski definition) is 4. The van der Waals surface area contributed by atoms with Gasteiger partial charge in [-0.2, -0.15) is 0 Å². The molecule has 1 amide bonds. The van der Waals surface area contributed by atoms with Gasteiger partial charge in [-0.1, -0.05) is 27.7 Å². The molecule has 1 fully saturated rings. The van der Waals surface area contributed by atoms with Crippen LogP contribution < -0.4 is 0 Å². The maximum absolute atomic E-state index is 11.9. The Bertz CT molecular complexity index is 327. The normalized spacial score (nSPS) is 16.9. The van der Waals surface area contributed by atoms with E-state index in [1.807, 2.05) is 18.7 Å². The highest BCUT2D eigenvalue weighted by Crippen LogP contribution is 2.07. The van der Waals surface area contributed by atoms with E-state index in [0.717, 1.165) is 39.3 Å². The van der Waals surface area contributed by atoms with Crippen molar-refractivity contribution >= 4 is 6.09 Å². The number of rotatable bonds is 8. The Morgan fingerprint density at radius 2 is 1.48 bits per heavy atom. The van der Waals surface area contributed by atoms with E-state index in [-0.39, 0.29) is 12.2 Å². The minimum Gasteiger partial charge on any atom is -0.447 e. The van der Waals surface area contributed by atoms with Gasteiger partial charge in [-0.25, -0.2) is 4.79 Å². The molecule has 1 saturated heterocycles. The molecule has 1 aliphatic rings. The van der Waals surface area contributed by atoms with Gasteiger partial charge in [0.15, 0.2) is 0 Å². The predicted octanol–water partition coefficient (Wildman–Crippen LogP) is 2.76. The SMILES string of the molecule is CC(C)CN(CCN1CCN(C(=O)OC(C)C)CC1)CC(C)C. The van der Waals surface area contributed by atoms with Crippen molar-refractivity contribution in [3.8, 4) is 0 Å². The van der Waals surface area contributed by atoms with Crippen LogP contribution in [0.3, 0.4) is 0 Å². The maximum Gasteiger partial charge on any atom is 0.410 e. The van der Waals surface area contributed by atoms with Crippen LogP contribution in [0.5, 0.6) is 0 Å². The van der Waals surface area contributed by atoms with Gasteiger partial charge in [-0.3, -0.25) is 4.90 Å². The average molecular weight is 328 g/mol. The first-order valence-corrected chi connectivity index (χ1v) is 9.18. The lowest BCUT2D eigenvalue weighted by Crippen LogP contribution is -2.51. The molecule has 0 spiro atoms. The number of ether oxygens (including phenoxy) is 1. The second-order valence-corrected chi connectivity index (χ2v) is 7.81. The topological polar surface area (TPSA) is 36.0 Å². The highest BCUT2D eigenvalue weighted by molar-refractivity contribution is 5.67. The summed E-state index contributed by atoms with van der Waals surface area (Å²) >= 11 is 0. The van der Waals surface area contributed by atoms with E-state index in [4.69, 9.17) is 4.74 Å². The van der Waals surface area contributed by atoms with E-state index < -0.39 is 0 Å². The van der Waals surface area contributed by atoms with E-state index in [0.29, 0.717) is 11.8 Å². The third-order valence-electron chi connectivity index (χ3n) is 3.95. The largest absolute Gasteiger partial charge is 0.447 e. The fourth-order valence-electron chi connectivity index (χ4n) is 3.00. The fourth-order valence-corrected chi connectivity index (χ4v) is 3.00. The molecule has 0 aromatic rings. The van der Waals surface area contributed by atoms with Crippen molar-refractivity contribution in [1.82, 2.24) is 14.7 Å². The predicted molar refractivity (Wildman–Crippen MR) is 95.7 cm³/mol. The summed E-state index contributed by atoms with van der Waals surface area (Å²) in [6.07, 6.45) is -0.206. The summed E-state index contributed by atoms with van der Waals surface area (Å²) in [5, 5.41) is 0. The van der Waals surface area contributed by atoms with Gasteiger partial charge in [0.2, 0.25) is 0 Å². The van der Waals surface area contributed by atoms with Crippen LogP contribution in [0.15, 0.2) is 0 Å². The highest BCUT2D eigenvalue weighted by atomic mass is 16.6. The van der Waals surface area contributed by atoms with Crippen LogP contribution >= 0.6 is 0 Å².